The summed E-state index contributed by atoms with van der Waals surface area (Å²) in [5, 5.41) is 0.985. The van der Waals surface area contributed by atoms with Crippen LogP contribution in [0.5, 0.6) is 5.75 Å². The lowest BCUT2D eigenvalue weighted by Crippen LogP contribution is -2.01. The molecule has 3 heteroatoms. The zero-order valence-electron chi connectivity index (χ0n) is 9.44. The van der Waals surface area contributed by atoms with Gasteiger partial charge in [0, 0.05) is 5.39 Å². The Morgan fingerprint density at radius 2 is 2.12 bits per heavy atom. The van der Waals surface area contributed by atoms with E-state index in [0.717, 1.165) is 29.5 Å². The van der Waals surface area contributed by atoms with Gasteiger partial charge in [-0.3, -0.25) is 4.98 Å². The molecule has 0 radical (unpaired) electrons. The second-order valence-corrected chi connectivity index (χ2v) is 3.76. The number of para-hydroxylation sites is 1. The van der Waals surface area contributed by atoms with Crippen LogP contribution < -0.4 is 10.5 Å². The highest BCUT2D eigenvalue weighted by atomic mass is 16.5. The molecule has 16 heavy (non-hydrogen) atoms. The van der Waals surface area contributed by atoms with Gasteiger partial charge < -0.3 is 10.5 Å². The molecule has 0 spiro atoms. The van der Waals surface area contributed by atoms with Crippen molar-refractivity contribution in [1.29, 1.82) is 0 Å². The Bertz CT molecular complexity index is 482. The quantitative estimate of drug-likeness (QED) is 0.799. The Morgan fingerprint density at radius 1 is 1.31 bits per heavy atom. The monoisotopic (exact) mass is 216 g/mol. The third-order valence-electron chi connectivity index (χ3n) is 2.50. The van der Waals surface area contributed by atoms with Crippen molar-refractivity contribution in [2.24, 2.45) is 0 Å². The third-order valence-corrected chi connectivity index (χ3v) is 2.50. The van der Waals surface area contributed by atoms with Crippen LogP contribution in [0.3, 0.4) is 0 Å². The Hall–Kier alpha value is -1.77. The number of hydrogen-bond donors (Lipinski definition) is 1. The maximum atomic E-state index is 5.88. The summed E-state index contributed by atoms with van der Waals surface area (Å²) in [6.45, 7) is 2.84. The molecule has 0 aliphatic rings. The van der Waals surface area contributed by atoms with E-state index >= 15 is 0 Å². The van der Waals surface area contributed by atoms with Gasteiger partial charge >= 0.3 is 0 Å². The van der Waals surface area contributed by atoms with Crippen molar-refractivity contribution in [2.75, 3.05) is 12.3 Å². The van der Waals surface area contributed by atoms with Crippen LogP contribution in [0.1, 0.15) is 19.8 Å². The van der Waals surface area contributed by atoms with Gasteiger partial charge in [-0.1, -0.05) is 25.5 Å². The highest BCUT2D eigenvalue weighted by Crippen LogP contribution is 2.30. The first-order valence-electron chi connectivity index (χ1n) is 5.59. The first-order valence-corrected chi connectivity index (χ1v) is 5.59. The predicted octanol–water partition coefficient (Wildman–Crippen LogP) is 3.00. The lowest BCUT2D eigenvalue weighted by atomic mass is 10.2. The van der Waals surface area contributed by atoms with E-state index in [0.29, 0.717) is 12.3 Å². The van der Waals surface area contributed by atoms with Crippen LogP contribution in [-0.4, -0.2) is 11.6 Å². The van der Waals surface area contributed by atoms with Crippen LogP contribution >= 0.6 is 0 Å². The van der Waals surface area contributed by atoms with Crippen LogP contribution in [0.15, 0.2) is 30.5 Å². The Labute approximate surface area is 95.2 Å². The average Bonchev–Trinajstić information content (AvgIpc) is 2.32. The van der Waals surface area contributed by atoms with E-state index in [1.165, 1.54) is 0 Å². The molecule has 2 aromatic rings. The largest absolute Gasteiger partial charge is 0.491 e. The third kappa shape index (κ3) is 2.08. The molecule has 0 saturated carbocycles. The Balaban J connectivity index is 2.37. The highest BCUT2D eigenvalue weighted by molar-refractivity contribution is 5.89. The molecule has 1 aromatic carbocycles. The van der Waals surface area contributed by atoms with E-state index in [4.69, 9.17) is 10.5 Å². The summed E-state index contributed by atoms with van der Waals surface area (Å²) in [5.74, 6) is 0.763. The van der Waals surface area contributed by atoms with Gasteiger partial charge in [0.1, 0.15) is 0 Å². The number of nitrogens with two attached hydrogens (primary N) is 1. The van der Waals surface area contributed by atoms with Gasteiger partial charge in [-0.15, -0.1) is 0 Å². The summed E-state index contributed by atoms with van der Waals surface area (Å²) in [7, 11) is 0. The van der Waals surface area contributed by atoms with Gasteiger partial charge in [-0.25, -0.2) is 0 Å². The number of hydrogen-bond acceptors (Lipinski definition) is 3. The van der Waals surface area contributed by atoms with E-state index in [2.05, 4.69) is 11.9 Å². The number of pyridine rings is 1. The summed E-state index contributed by atoms with van der Waals surface area (Å²) >= 11 is 0. The number of aromatic nitrogens is 1. The smallest absolute Gasteiger partial charge is 0.153 e. The molecule has 3 nitrogen and oxygen atoms in total. The fourth-order valence-electron chi connectivity index (χ4n) is 1.61. The SMILES string of the molecule is CCCCOc1c(N)cnc2ccccc12. The highest BCUT2D eigenvalue weighted by Gasteiger charge is 2.06. The van der Waals surface area contributed by atoms with E-state index in [9.17, 15) is 0 Å². The van der Waals surface area contributed by atoms with Crippen LogP contribution in [0.2, 0.25) is 0 Å². The summed E-state index contributed by atoms with van der Waals surface area (Å²) in [4.78, 5) is 4.26. The van der Waals surface area contributed by atoms with Gasteiger partial charge in [0.2, 0.25) is 0 Å². The van der Waals surface area contributed by atoms with Crippen molar-refractivity contribution in [2.45, 2.75) is 19.8 Å². The van der Waals surface area contributed by atoms with Crippen LogP contribution in [-0.2, 0) is 0 Å². The fourth-order valence-corrected chi connectivity index (χ4v) is 1.61. The topological polar surface area (TPSA) is 48.1 Å². The fraction of sp³-hybridized carbons (Fsp3) is 0.308. The lowest BCUT2D eigenvalue weighted by Gasteiger charge is -2.10. The minimum atomic E-state index is 0.606. The normalized spacial score (nSPS) is 10.6. The van der Waals surface area contributed by atoms with Crippen molar-refractivity contribution in [3.05, 3.63) is 30.5 Å². The van der Waals surface area contributed by atoms with Crippen molar-refractivity contribution < 1.29 is 4.74 Å². The van der Waals surface area contributed by atoms with E-state index < -0.39 is 0 Å². The number of rotatable bonds is 4. The van der Waals surface area contributed by atoms with Crippen molar-refractivity contribution >= 4 is 16.6 Å². The van der Waals surface area contributed by atoms with Crippen LogP contribution in [0.4, 0.5) is 5.69 Å². The molecule has 0 saturated heterocycles. The lowest BCUT2D eigenvalue weighted by molar-refractivity contribution is 0.314. The van der Waals surface area contributed by atoms with Gasteiger partial charge in [-0.2, -0.15) is 0 Å². The maximum Gasteiger partial charge on any atom is 0.153 e. The van der Waals surface area contributed by atoms with Gasteiger partial charge in [-0.05, 0) is 18.6 Å². The molecule has 0 unspecified atom stereocenters. The van der Waals surface area contributed by atoms with E-state index in [-0.39, 0.29) is 0 Å². The van der Waals surface area contributed by atoms with Gasteiger partial charge in [0.05, 0.1) is 24.0 Å². The molecular formula is C13H16N2O. The molecule has 2 N–H and O–H groups in total. The average molecular weight is 216 g/mol. The number of fused-ring (bicyclic) bond motifs is 1. The summed E-state index contributed by atoms with van der Waals surface area (Å²) in [5.41, 5.74) is 7.41. The summed E-state index contributed by atoms with van der Waals surface area (Å²) in [6.07, 6.45) is 3.81. The maximum absolute atomic E-state index is 5.88. The van der Waals surface area contributed by atoms with Crippen molar-refractivity contribution in [3.8, 4) is 5.75 Å². The molecule has 2 rings (SSSR count). The number of nitrogens with zero attached hydrogens (tertiary/aromatic N) is 1. The van der Waals surface area contributed by atoms with Gasteiger partial charge in [0.15, 0.2) is 5.75 Å². The number of nitrogen functional groups attached to an aromatic ring is 1. The number of unbranched alkanes of at least 4 members (excludes halogenated alkanes) is 1. The predicted molar refractivity (Wildman–Crippen MR) is 66.6 cm³/mol. The first kappa shape index (κ1) is 10.7. The molecule has 0 fully saturated rings. The van der Waals surface area contributed by atoms with Crippen molar-refractivity contribution in [1.82, 2.24) is 4.98 Å². The standard InChI is InChI=1S/C13H16N2O/c1-2-3-8-16-13-10-6-4-5-7-12(10)15-9-11(13)14/h4-7,9H,2-3,8,14H2,1H3. The summed E-state index contributed by atoms with van der Waals surface area (Å²) in [6, 6.07) is 7.87. The van der Waals surface area contributed by atoms with E-state index in [1.807, 2.05) is 24.3 Å². The number of anilines is 1. The van der Waals surface area contributed by atoms with Gasteiger partial charge in [0.25, 0.3) is 0 Å². The minimum absolute atomic E-state index is 0.606. The molecule has 84 valence electrons. The molecule has 0 atom stereocenters. The zero-order valence-corrected chi connectivity index (χ0v) is 9.44. The number of benzene rings is 1. The molecular weight excluding hydrogens is 200 g/mol. The number of ether oxygens (including phenoxy) is 1. The van der Waals surface area contributed by atoms with Crippen LogP contribution in [0, 0.1) is 0 Å². The van der Waals surface area contributed by atoms with E-state index in [1.54, 1.807) is 6.20 Å². The van der Waals surface area contributed by atoms with Crippen LogP contribution in [0.25, 0.3) is 10.9 Å². The van der Waals surface area contributed by atoms with Crippen molar-refractivity contribution in [3.63, 3.8) is 0 Å². The first-order chi connectivity index (χ1) is 7.83. The molecule has 0 aliphatic heterocycles. The molecule has 1 heterocycles. The molecule has 0 aliphatic carbocycles. The molecule has 0 bridgehead atoms. The summed E-state index contributed by atoms with van der Waals surface area (Å²) < 4.78 is 5.73. The zero-order chi connectivity index (χ0) is 11.4. The Kier molecular flexibility index (Phi) is 3.25. The Morgan fingerprint density at radius 3 is 2.94 bits per heavy atom. The second kappa shape index (κ2) is 4.84. The second-order valence-electron chi connectivity index (χ2n) is 3.76. The molecule has 1 aromatic heterocycles. The minimum Gasteiger partial charge on any atom is -0.491 e. The molecule has 0 amide bonds.